The fourth-order valence-corrected chi connectivity index (χ4v) is 3.28. The molecule has 4 nitrogen and oxygen atoms in total. The lowest BCUT2D eigenvalue weighted by molar-refractivity contribution is 0.561. The van der Waals surface area contributed by atoms with Crippen LogP contribution in [0.4, 0.5) is 0 Å². The topological polar surface area (TPSA) is 56.2 Å². The number of rotatable bonds is 2. The number of aromatic nitrogens is 1. The summed E-state index contributed by atoms with van der Waals surface area (Å²) in [4.78, 5) is 16.4. The Morgan fingerprint density at radius 3 is 2.54 bits per heavy atom. The standard InChI is InChI=1S/C22H13NO3/c24-21-11-8-15-19(26-21)10-9-17-22(15)16(14-5-2-1-3-6-14)13-18(23-17)20-7-4-12-25-20/h1-13H. The minimum atomic E-state index is -0.363. The average Bonchev–Trinajstić information content (AvgIpc) is 3.22. The van der Waals surface area contributed by atoms with E-state index in [9.17, 15) is 4.79 Å². The molecule has 5 rings (SSSR count). The van der Waals surface area contributed by atoms with Crippen molar-refractivity contribution in [1.29, 1.82) is 0 Å². The Morgan fingerprint density at radius 2 is 1.73 bits per heavy atom. The first-order valence-corrected chi connectivity index (χ1v) is 8.26. The predicted octanol–water partition coefficient (Wildman–Crippen LogP) is 5.27. The van der Waals surface area contributed by atoms with Gasteiger partial charge in [-0.1, -0.05) is 30.3 Å². The Bertz CT molecular complexity index is 1290. The third-order valence-electron chi connectivity index (χ3n) is 4.43. The van der Waals surface area contributed by atoms with E-state index in [-0.39, 0.29) is 5.63 Å². The summed E-state index contributed by atoms with van der Waals surface area (Å²) in [5, 5.41) is 1.81. The van der Waals surface area contributed by atoms with Gasteiger partial charge in [-0.25, -0.2) is 9.78 Å². The lowest BCUT2D eigenvalue weighted by Gasteiger charge is -2.11. The molecule has 0 atom stereocenters. The second-order valence-electron chi connectivity index (χ2n) is 6.02. The summed E-state index contributed by atoms with van der Waals surface area (Å²) in [5.74, 6) is 0.712. The number of pyridine rings is 1. The van der Waals surface area contributed by atoms with Gasteiger partial charge < -0.3 is 8.83 Å². The van der Waals surface area contributed by atoms with Gasteiger partial charge in [0.1, 0.15) is 11.3 Å². The number of furan rings is 1. The minimum Gasteiger partial charge on any atom is -0.463 e. The predicted molar refractivity (Wildman–Crippen MR) is 101 cm³/mol. The van der Waals surface area contributed by atoms with Crippen LogP contribution in [-0.2, 0) is 0 Å². The zero-order valence-corrected chi connectivity index (χ0v) is 13.7. The van der Waals surface area contributed by atoms with Crippen LogP contribution in [0.2, 0.25) is 0 Å². The quantitative estimate of drug-likeness (QED) is 0.325. The summed E-state index contributed by atoms with van der Waals surface area (Å²) >= 11 is 0. The number of hydrogen-bond acceptors (Lipinski definition) is 4. The third kappa shape index (κ3) is 2.31. The van der Waals surface area contributed by atoms with Crippen LogP contribution >= 0.6 is 0 Å². The van der Waals surface area contributed by atoms with Crippen LogP contribution in [0, 0.1) is 0 Å². The number of nitrogens with zero attached hydrogens (tertiary/aromatic N) is 1. The Hall–Kier alpha value is -3.66. The molecule has 0 saturated heterocycles. The molecule has 0 aliphatic rings. The van der Waals surface area contributed by atoms with Gasteiger partial charge in [-0.3, -0.25) is 0 Å². The van der Waals surface area contributed by atoms with Gasteiger partial charge in [-0.05, 0) is 47.5 Å². The van der Waals surface area contributed by atoms with Crippen LogP contribution in [0.3, 0.4) is 0 Å². The maximum atomic E-state index is 11.6. The molecule has 26 heavy (non-hydrogen) atoms. The van der Waals surface area contributed by atoms with Crippen molar-refractivity contribution < 1.29 is 8.83 Å². The summed E-state index contributed by atoms with van der Waals surface area (Å²) in [5.41, 5.74) is 3.85. The summed E-state index contributed by atoms with van der Waals surface area (Å²) in [6.45, 7) is 0. The Morgan fingerprint density at radius 1 is 0.846 bits per heavy atom. The molecule has 0 aliphatic carbocycles. The van der Waals surface area contributed by atoms with Crippen LogP contribution in [0.25, 0.3) is 44.5 Å². The van der Waals surface area contributed by atoms with Gasteiger partial charge >= 0.3 is 5.63 Å². The van der Waals surface area contributed by atoms with Crippen molar-refractivity contribution in [2.75, 3.05) is 0 Å². The molecule has 124 valence electrons. The molecule has 0 amide bonds. The van der Waals surface area contributed by atoms with Gasteiger partial charge in [0, 0.05) is 16.8 Å². The smallest absolute Gasteiger partial charge is 0.336 e. The van der Waals surface area contributed by atoms with Crippen LogP contribution < -0.4 is 5.63 Å². The van der Waals surface area contributed by atoms with Gasteiger partial charge in [0.15, 0.2) is 5.76 Å². The summed E-state index contributed by atoms with van der Waals surface area (Å²) in [6.07, 6.45) is 1.64. The molecular weight excluding hydrogens is 326 g/mol. The molecule has 0 radical (unpaired) electrons. The fraction of sp³-hybridized carbons (Fsp3) is 0. The zero-order valence-electron chi connectivity index (χ0n) is 13.7. The highest BCUT2D eigenvalue weighted by atomic mass is 16.4. The minimum absolute atomic E-state index is 0.363. The van der Waals surface area contributed by atoms with Crippen molar-refractivity contribution in [2.45, 2.75) is 0 Å². The van der Waals surface area contributed by atoms with Gasteiger partial charge in [-0.15, -0.1) is 0 Å². The van der Waals surface area contributed by atoms with E-state index >= 15 is 0 Å². The number of benzene rings is 2. The van der Waals surface area contributed by atoms with Crippen molar-refractivity contribution in [2.24, 2.45) is 0 Å². The summed E-state index contributed by atoms with van der Waals surface area (Å²) in [7, 11) is 0. The van der Waals surface area contributed by atoms with Crippen LogP contribution in [0.5, 0.6) is 0 Å². The molecule has 4 heteroatoms. The Balaban J connectivity index is 1.94. The van der Waals surface area contributed by atoms with Crippen molar-refractivity contribution in [3.8, 4) is 22.6 Å². The molecule has 0 saturated carbocycles. The van der Waals surface area contributed by atoms with Crippen LogP contribution in [0.15, 0.2) is 92.7 Å². The van der Waals surface area contributed by atoms with Gasteiger partial charge in [0.25, 0.3) is 0 Å². The van der Waals surface area contributed by atoms with E-state index in [1.807, 2.05) is 42.5 Å². The number of hydrogen-bond donors (Lipinski definition) is 0. The maximum absolute atomic E-state index is 11.6. The molecule has 3 heterocycles. The van der Waals surface area contributed by atoms with E-state index in [0.29, 0.717) is 11.3 Å². The maximum Gasteiger partial charge on any atom is 0.336 e. The molecule has 0 aliphatic heterocycles. The highest BCUT2D eigenvalue weighted by Crippen LogP contribution is 2.36. The second-order valence-corrected chi connectivity index (χ2v) is 6.02. The van der Waals surface area contributed by atoms with E-state index in [1.165, 1.54) is 6.07 Å². The molecule has 2 aromatic carbocycles. The summed E-state index contributed by atoms with van der Waals surface area (Å²) in [6, 6.07) is 22.7. The van der Waals surface area contributed by atoms with Crippen LogP contribution in [0.1, 0.15) is 0 Å². The molecule has 0 N–H and O–H groups in total. The zero-order chi connectivity index (χ0) is 17.5. The highest BCUT2D eigenvalue weighted by Gasteiger charge is 2.14. The Kier molecular flexibility index (Phi) is 3.22. The molecular formula is C22H13NO3. The lowest BCUT2D eigenvalue weighted by Crippen LogP contribution is -1.96. The third-order valence-corrected chi connectivity index (χ3v) is 4.43. The highest BCUT2D eigenvalue weighted by molar-refractivity contribution is 6.12. The van der Waals surface area contributed by atoms with E-state index in [1.54, 1.807) is 18.4 Å². The molecule has 0 unspecified atom stereocenters. The first kappa shape index (κ1) is 14.7. The number of fused-ring (bicyclic) bond motifs is 3. The van der Waals surface area contributed by atoms with Crippen molar-refractivity contribution in [1.82, 2.24) is 4.98 Å². The van der Waals surface area contributed by atoms with Gasteiger partial charge in [0.2, 0.25) is 0 Å². The van der Waals surface area contributed by atoms with Gasteiger partial charge in [-0.2, -0.15) is 0 Å². The van der Waals surface area contributed by atoms with E-state index < -0.39 is 0 Å². The molecule has 3 aromatic heterocycles. The van der Waals surface area contributed by atoms with Crippen molar-refractivity contribution in [3.63, 3.8) is 0 Å². The fourth-order valence-electron chi connectivity index (χ4n) is 3.28. The van der Waals surface area contributed by atoms with E-state index in [0.717, 1.165) is 33.1 Å². The Labute approximate surface area is 148 Å². The second kappa shape index (κ2) is 5.70. The first-order chi connectivity index (χ1) is 12.8. The monoisotopic (exact) mass is 339 g/mol. The normalized spacial score (nSPS) is 11.2. The SMILES string of the molecule is O=c1ccc2c(ccc3nc(-c4ccco4)cc(-c4ccccc4)c32)o1. The molecule has 5 aromatic rings. The molecule has 0 spiro atoms. The van der Waals surface area contributed by atoms with Gasteiger partial charge in [0.05, 0.1) is 11.8 Å². The van der Waals surface area contributed by atoms with Crippen molar-refractivity contribution in [3.05, 3.63) is 89.5 Å². The molecule has 0 bridgehead atoms. The van der Waals surface area contributed by atoms with Crippen LogP contribution in [-0.4, -0.2) is 4.98 Å². The molecule has 0 fully saturated rings. The van der Waals surface area contributed by atoms with E-state index in [4.69, 9.17) is 13.8 Å². The lowest BCUT2D eigenvalue weighted by atomic mass is 9.97. The van der Waals surface area contributed by atoms with E-state index in [2.05, 4.69) is 12.1 Å². The first-order valence-electron chi connectivity index (χ1n) is 8.26. The van der Waals surface area contributed by atoms with Crippen molar-refractivity contribution >= 4 is 21.9 Å². The average molecular weight is 339 g/mol. The summed E-state index contributed by atoms with van der Waals surface area (Å²) < 4.78 is 10.9. The largest absolute Gasteiger partial charge is 0.463 e.